The van der Waals surface area contributed by atoms with E-state index < -0.39 is 0 Å². The van der Waals surface area contributed by atoms with Crippen molar-refractivity contribution in [2.45, 2.75) is 0 Å². The van der Waals surface area contributed by atoms with E-state index in [2.05, 4.69) is 31.3 Å². The fourth-order valence-corrected chi connectivity index (χ4v) is 2.53. The van der Waals surface area contributed by atoms with Gasteiger partial charge in [-0.1, -0.05) is 36.4 Å². The van der Waals surface area contributed by atoms with E-state index >= 15 is 0 Å². The van der Waals surface area contributed by atoms with Crippen LogP contribution < -0.4 is 5.73 Å². The Hall–Kier alpha value is -2.54. The molecule has 0 radical (unpaired) electrons. The average Bonchev–Trinajstić information content (AvgIpc) is 2.97. The molecule has 3 rings (SSSR count). The summed E-state index contributed by atoms with van der Waals surface area (Å²) < 4.78 is 0.714. The van der Waals surface area contributed by atoms with Gasteiger partial charge in [-0.25, -0.2) is 0 Å². The highest BCUT2D eigenvalue weighted by Crippen LogP contribution is 2.23. The minimum absolute atomic E-state index is 0.0592. The quantitative estimate of drug-likeness (QED) is 0.564. The van der Waals surface area contributed by atoms with Crippen LogP contribution in [0.15, 0.2) is 53.0 Å². The van der Waals surface area contributed by atoms with Gasteiger partial charge in [0, 0.05) is 10.0 Å². The number of nitrogen functional groups attached to an aromatic ring is 1. The van der Waals surface area contributed by atoms with Gasteiger partial charge in [0.15, 0.2) is 0 Å². The van der Waals surface area contributed by atoms with Crippen molar-refractivity contribution in [2.24, 2.45) is 5.73 Å². The van der Waals surface area contributed by atoms with E-state index in [0.29, 0.717) is 21.5 Å². The standard InChI is InChI=1S/C14H11BrN6/c15-10-7-4-8-11(12(10)13(16)17)21-19-14(18-20-21)9-5-2-1-3-6-9/h1-8H,(H3,16,17). The summed E-state index contributed by atoms with van der Waals surface area (Å²) in [6.07, 6.45) is 0. The second-order valence-electron chi connectivity index (χ2n) is 4.32. The minimum atomic E-state index is -0.0592. The Morgan fingerprint density at radius 1 is 1.10 bits per heavy atom. The fraction of sp³-hybridized carbons (Fsp3) is 0. The number of nitrogens with zero attached hydrogens (tertiary/aromatic N) is 4. The number of rotatable bonds is 3. The molecule has 3 N–H and O–H groups in total. The van der Waals surface area contributed by atoms with Gasteiger partial charge in [0.05, 0.1) is 11.3 Å². The molecule has 0 unspecified atom stereocenters. The van der Waals surface area contributed by atoms with Gasteiger partial charge in [-0.05, 0) is 33.3 Å². The molecule has 3 aromatic rings. The van der Waals surface area contributed by atoms with Crippen LogP contribution in [0.4, 0.5) is 0 Å². The number of tetrazole rings is 1. The molecular formula is C14H11BrN6. The zero-order valence-electron chi connectivity index (χ0n) is 10.9. The van der Waals surface area contributed by atoms with Gasteiger partial charge < -0.3 is 5.73 Å². The summed E-state index contributed by atoms with van der Waals surface area (Å²) in [5, 5.41) is 20.1. The smallest absolute Gasteiger partial charge is 0.205 e. The van der Waals surface area contributed by atoms with Gasteiger partial charge in [0.1, 0.15) is 5.84 Å². The van der Waals surface area contributed by atoms with Gasteiger partial charge >= 0.3 is 0 Å². The van der Waals surface area contributed by atoms with Crippen LogP contribution in [0, 0.1) is 5.41 Å². The molecular weight excluding hydrogens is 332 g/mol. The molecule has 0 saturated carbocycles. The highest BCUT2D eigenvalue weighted by molar-refractivity contribution is 9.10. The summed E-state index contributed by atoms with van der Waals surface area (Å²) in [4.78, 5) is 1.38. The first-order valence-electron chi connectivity index (χ1n) is 6.15. The molecule has 0 spiro atoms. The first-order valence-corrected chi connectivity index (χ1v) is 6.95. The number of amidine groups is 1. The maximum absolute atomic E-state index is 7.70. The third-order valence-corrected chi connectivity index (χ3v) is 3.58. The van der Waals surface area contributed by atoms with Crippen LogP contribution in [-0.4, -0.2) is 26.0 Å². The Bertz CT molecular complexity index is 796. The van der Waals surface area contributed by atoms with E-state index in [1.54, 1.807) is 6.07 Å². The van der Waals surface area contributed by atoms with Crippen molar-refractivity contribution >= 4 is 21.8 Å². The summed E-state index contributed by atoms with van der Waals surface area (Å²) in [6, 6.07) is 15.0. The van der Waals surface area contributed by atoms with Crippen LogP contribution in [-0.2, 0) is 0 Å². The molecule has 1 aromatic heterocycles. The lowest BCUT2D eigenvalue weighted by Gasteiger charge is -2.08. The third kappa shape index (κ3) is 2.55. The SMILES string of the molecule is N=C(N)c1c(Br)cccc1-n1nnc(-c2ccccc2)n1. The topological polar surface area (TPSA) is 93.5 Å². The molecule has 1 heterocycles. The van der Waals surface area contributed by atoms with Gasteiger partial charge in [-0.15, -0.1) is 15.0 Å². The monoisotopic (exact) mass is 342 g/mol. The van der Waals surface area contributed by atoms with Crippen molar-refractivity contribution in [1.82, 2.24) is 20.2 Å². The van der Waals surface area contributed by atoms with Crippen LogP contribution in [0.5, 0.6) is 0 Å². The number of halogens is 1. The fourth-order valence-electron chi connectivity index (χ4n) is 1.97. The molecule has 0 bridgehead atoms. The maximum Gasteiger partial charge on any atom is 0.205 e. The van der Waals surface area contributed by atoms with E-state index in [4.69, 9.17) is 11.1 Å². The molecule has 2 aromatic carbocycles. The molecule has 104 valence electrons. The Kier molecular flexibility index (Phi) is 3.49. The highest BCUT2D eigenvalue weighted by Gasteiger charge is 2.14. The van der Waals surface area contributed by atoms with E-state index in [9.17, 15) is 0 Å². The summed E-state index contributed by atoms with van der Waals surface area (Å²) in [5.41, 5.74) is 7.65. The number of benzene rings is 2. The molecule has 7 heteroatoms. The van der Waals surface area contributed by atoms with E-state index in [0.717, 1.165) is 5.56 Å². The number of nitrogens with two attached hydrogens (primary N) is 1. The van der Waals surface area contributed by atoms with Crippen molar-refractivity contribution in [1.29, 1.82) is 5.41 Å². The molecule has 0 atom stereocenters. The van der Waals surface area contributed by atoms with Crippen LogP contribution in [0.2, 0.25) is 0 Å². The zero-order chi connectivity index (χ0) is 14.8. The summed E-state index contributed by atoms with van der Waals surface area (Å²) in [5.74, 6) is 0.459. The van der Waals surface area contributed by atoms with E-state index in [-0.39, 0.29) is 5.84 Å². The molecule has 0 saturated heterocycles. The van der Waals surface area contributed by atoms with E-state index in [1.165, 1.54) is 4.80 Å². The normalized spacial score (nSPS) is 10.5. The van der Waals surface area contributed by atoms with Crippen molar-refractivity contribution in [3.8, 4) is 17.1 Å². The predicted octanol–water partition coefficient (Wildman–Crippen LogP) is 2.38. The largest absolute Gasteiger partial charge is 0.384 e. The van der Waals surface area contributed by atoms with Gasteiger partial charge in [0.25, 0.3) is 0 Å². The van der Waals surface area contributed by atoms with Crippen LogP contribution in [0.25, 0.3) is 17.1 Å². The molecule has 0 aliphatic carbocycles. The predicted molar refractivity (Wildman–Crippen MR) is 83.3 cm³/mol. The third-order valence-electron chi connectivity index (χ3n) is 2.92. The van der Waals surface area contributed by atoms with Crippen molar-refractivity contribution in [3.63, 3.8) is 0 Å². The summed E-state index contributed by atoms with van der Waals surface area (Å²) in [6.45, 7) is 0. The first-order chi connectivity index (χ1) is 10.2. The minimum Gasteiger partial charge on any atom is -0.384 e. The number of nitrogens with one attached hydrogen (secondary N) is 1. The molecule has 0 aliphatic heterocycles. The Balaban J connectivity index is 2.09. The van der Waals surface area contributed by atoms with Crippen LogP contribution in [0.1, 0.15) is 5.56 Å². The summed E-state index contributed by atoms with van der Waals surface area (Å²) >= 11 is 3.39. The van der Waals surface area contributed by atoms with Gasteiger partial charge in [-0.2, -0.15) is 0 Å². The number of aromatic nitrogens is 4. The Labute approximate surface area is 129 Å². The first kappa shape index (κ1) is 13.4. The number of hydrogen-bond acceptors (Lipinski definition) is 4. The number of hydrogen-bond donors (Lipinski definition) is 2. The molecule has 0 fully saturated rings. The molecule has 6 nitrogen and oxygen atoms in total. The molecule has 21 heavy (non-hydrogen) atoms. The Morgan fingerprint density at radius 2 is 1.86 bits per heavy atom. The second kappa shape index (κ2) is 5.45. The highest BCUT2D eigenvalue weighted by atomic mass is 79.9. The maximum atomic E-state index is 7.70. The van der Waals surface area contributed by atoms with Gasteiger partial charge in [0.2, 0.25) is 5.82 Å². The lowest BCUT2D eigenvalue weighted by atomic mass is 10.1. The van der Waals surface area contributed by atoms with Crippen molar-refractivity contribution in [3.05, 3.63) is 58.6 Å². The molecule has 0 aliphatic rings. The zero-order valence-corrected chi connectivity index (χ0v) is 12.4. The summed E-state index contributed by atoms with van der Waals surface area (Å²) in [7, 11) is 0. The van der Waals surface area contributed by atoms with E-state index in [1.807, 2.05) is 42.5 Å². The van der Waals surface area contributed by atoms with Crippen LogP contribution in [0.3, 0.4) is 0 Å². The second-order valence-corrected chi connectivity index (χ2v) is 5.17. The lowest BCUT2D eigenvalue weighted by molar-refractivity contribution is 0.718. The van der Waals surface area contributed by atoms with Crippen molar-refractivity contribution in [2.75, 3.05) is 0 Å². The lowest BCUT2D eigenvalue weighted by Crippen LogP contribution is -2.16. The molecule has 0 amide bonds. The van der Waals surface area contributed by atoms with Crippen LogP contribution >= 0.6 is 15.9 Å². The Morgan fingerprint density at radius 3 is 2.57 bits per heavy atom. The van der Waals surface area contributed by atoms with Crippen molar-refractivity contribution < 1.29 is 0 Å². The van der Waals surface area contributed by atoms with Gasteiger partial charge in [-0.3, -0.25) is 5.41 Å². The average molecular weight is 343 g/mol.